The molecule has 0 radical (unpaired) electrons. The number of hydrogen-bond acceptors (Lipinski definition) is 3. The maximum atomic E-state index is 12.1. The lowest BCUT2D eigenvalue weighted by Crippen LogP contribution is -2.38. The molecule has 1 aromatic heterocycles. The van der Waals surface area contributed by atoms with Crippen molar-refractivity contribution < 1.29 is 9.90 Å². The van der Waals surface area contributed by atoms with Crippen molar-refractivity contribution in [3.8, 4) is 0 Å². The SMILES string of the molecule is O=C(NCC1CC(O)C1)c1cc2ccccc2c(Cl)n1. The molecule has 20 heavy (non-hydrogen) atoms. The molecule has 0 aliphatic heterocycles. The van der Waals surface area contributed by atoms with E-state index in [1.165, 1.54) is 0 Å². The summed E-state index contributed by atoms with van der Waals surface area (Å²) in [4.78, 5) is 16.2. The summed E-state index contributed by atoms with van der Waals surface area (Å²) in [6.45, 7) is 0.571. The number of amides is 1. The third-order valence-corrected chi connectivity index (χ3v) is 3.98. The van der Waals surface area contributed by atoms with Crippen LogP contribution in [-0.2, 0) is 0 Å². The van der Waals surface area contributed by atoms with Crippen LogP contribution in [0.3, 0.4) is 0 Å². The van der Waals surface area contributed by atoms with E-state index in [1.807, 2.05) is 24.3 Å². The van der Waals surface area contributed by atoms with E-state index >= 15 is 0 Å². The molecular weight excluding hydrogens is 276 g/mol. The summed E-state index contributed by atoms with van der Waals surface area (Å²) >= 11 is 6.10. The minimum Gasteiger partial charge on any atom is -0.393 e. The van der Waals surface area contributed by atoms with Gasteiger partial charge in [0.15, 0.2) is 0 Å². The van der Waals surface area contributed by atoms with Gasteiger partial charge in [-0.05, 0) is 30.2 Å². The molecular formula is C15H15ClN2O2. The van der Waals surface area contributed by atoms with Gasteiger partial charge in [0.2, 0.25) is 0 Å². The molecule has 4 nitrogen and oxygen atoms in total. The van der Waals surface area contributed by atoms with E-state index < -0.39 is 0 Å². The van der Waals surface area contributed by atoms with Crippen LogP contribution in [0.1, 0.15) is 23.3 Å². The summed E-state index contributed by atoms with van der Waals surface area (Å²) in [5.41, 5.74) is 0.327. The smallest absolute Gasteiger partial charge is 0.269 e. The predicted molar refractivity (Wildman–Crippen MR) is 77.8 cm³/mol. The first kappa shape index (κ1) is 13.3. The monoisotopic (exact) mass is 290 g/mol. The number of halogens is 1. The number of aliphatic hydroxyl groups is 1. The first-order valence-electron chi connectivity index (χ1n) is 6.65. The molecule has 2 aromatic rings. The third kappa shape index (κ3) is 2.62. The molecule has 1 fully saturated rings. The molecule has 5 heteroatoms. The molecule has 0 bridgehead atoms. The third-order valence-electron chi connectivity index (χ3n) is 3.69. The molecule has 0 saturated heterocycles. The van der Waals surface area contributed by atoms with Crippen LogP contribution in [-0.4, -0.2) is 28.6 Å². The molecule has 0 atom stereocenters. The van der Waals surface area contributed by atoms with Crippen molar-refractivity contribution in [1.29, 1.82) is 0 Å². The van der Waals surface area contributed by atoms with Gasteiger partial charge >= 0.3 is 0 Å². The van der Waals surface area contributed by atoms with Gasteiger partial charge in [0, 0.05) is 11.9 Å². The molecule has 1 amide bonds. The van der Waals surface area contributed by atoms with E-state index in [9.17, 15) is 9.90 Å². The Kier molecular flexibility index (Phi) is 3.59. The normalized spacial score (nSPS) is 21.5. The van der Waals surface area contributed by atoms with Crippen LogP contribution in [0.2, 0.25) is 5.15 Å². The van der Waals surface area contributed by atoms with Crippen molar-refractivity contribution >= 4 is 28.3 Å². The number of carbonyl (C=O) groups is 1. The van der Waals surface area contributed by atoms with Crippen molar-refractivity contribution in [3.05, 3.63) is 41.2 Å². The van der Waals surface area contributed by atoms with Crippen LogP contribution >= 0.6 is 11.6 Å². The van der Waals surface area contributed by atoms with E-state index in [1.54, 1.807) is 6.07 Å². The van der Waals surface area contributed by atoms with E-state index in [4.69, 9.17) is 11.6 Å². The Labute approximate surface area is 121 Å². The number of fused-ring (bicyclic) bond motifs is 1. The van der Waals surface area contributed by atoms with Crippen LogP contribution in [0.5, 0.6) is 0 Å². The zero-order valence-corrected chi connectivity index (χ0v) is 11.6. The number of hydrogen-bond donors (Lipinski definition) is 2. The maximum Gasteiger partial charge on any atom is 0.269 e. The predicted octanol–water partition coefficient (Wildman–Crippen LogP) is 2.39. The average Bonchev–Trinajstić information content (AvgIpc) is 2.42. The van der Waals surface area contributed by atoms with Gasteiger partial charge < -0.3 is 10.4 Å². The first-order chi connectivity index (χ1) is 9.63. The second-order valence-electron chi connectivity index (χ2n) is 5.22. The Morgan fingerprint density at radius 3 is 2.90 bits per heavy atom. The highest BCUT2D eigenvalue weighted by molar-refractivity contribution is 6.34. The van der Waals surface area contributed by atoms with Gasteiger partial charge in [-0.25, -0.2) is 4.98 Å². The lowest BCUT2D eigenvalue weighted by Gasteiger charge is -2.31. The maximum absolute atomic E-state index is 12.1. The number of benzene rings is 1. The van der Waals surface area contributed by atoms with Gasteiger partial charge in [0.1, 0.15) is 10.8 Å². The quantitative estimate of drug-likeness (QED) is 0.853. The second-order valence-corrected chi connectivity index (χ2v) is 5.58. The number of nitrogens with one attached hydrogen (secondary N) is 1. The van der Waals surface area contributed by atoms with Gasteiger partial charge in [-0.2, -0.15) is 0 Å². The van der Waals surface area contributed by atoms with Gasteiger partial charge in [0.05, 0.1) is 6.10 Å². The Bertz CT molecular complexity index is 653. The number of nitrogens with zero attached hydrogens (tertiary/aromatic N) is 1. The van der Waals surface area contributed by atoms with Gasteiger partial charge in [-0.15, -0.1) is 0 Å². The van der Waals surface area contributed by atoms with Gasteiger partial charge in [0.25, 0.3) is 5.91 Å². The van der Waals surface area contributed by atoms with Crippen LogP contribution in [0.25, 0.3) is 10.8 Å². The summed E-state index contributed by atoms with van der Waals surface area (Å²) in [6.07, 6.45) is 1.31. The molecule has 3 rings (SSSR count). The summed E-state index contributed by atoms with van der Waals surface area (Å²) in [6, 6.07) is 9.31. The van der Waals surface area contributed by atoms with Crippen molar-refractivity contribution in [2.24, 2.45) is 5.92 Å². The summed E-state index contributed by atoms with van der Waals surface area (Å²) in [5.74, 6) is 0.143. The molecule has 0 spiro atoms. The van der Waals surface area contributed by atoms with E-state index in [-0.39, 0.29) is 12.0 Å². The first-order valence-corrected chi connectivity index (χ1v) is 7.03. The molecule has 0 unspecified atom stereocenters. The fourth-order valence-electron chi connectivity index (χ4n) is 2.47. The highest BCUT2D eigenvalue weighted by Crippen LogP contribution is 2.26. The largest absolute Gasteiger partial charge is 0.393 e. The minimum absolute atomic E-state index is 0.204. The minimum atomic E-state index is -0.223. The summed E-state index contributed by atoms with van der Waals surface area (Å²) in [5, 5.41) is 14.1. The molecule has 1 aliphatic rings. The van der Waals surface area contributed by atoms with Crippen molar-refractivity contribution in [3.63, 3.8) is 0 Å². The average molecular weight is 291 g/mol. The highest BCUT2D eigenvalue weighted by Gasteiger charge is 2.27. The van der Waals surface area contributed by atoms with Crippen LogP contribution in [0.15, 0.2) is 30.3 Å². The number of pyridine rings is 1. The lowest BCUT2D eigenvalue weighted by molar-refractivity contribution is 0.0420. The molecule has 1 aromatic carbocycles. The lowest BCUT2D eigenvalue weighted by atomic mass is 9.82. The van der Waals surface area contributed by atoms with Crippen LogP contribution in [0, 0.1) is 5.92 Å². The standard InChI is InChI=1S/C15H15ClN2O2/c16-14-12-4-2-1-3-10(12)7-13(18-14)15(20)17-8-9-5-11(19)6-9/h1-4,7,9,11,19H,5-6,8H2,(H,17,20). The number of rotatable bonds is 3. The second kappa shape index (κ2) is 5.38. The Hall–Kier alpha value is -1.65. The van der Waals surface area contributed by atoms with Crippen LogP contribution in [0.4, 0.5) is 0 Å². The molecule has 1 saturated carbocycles. The Morgan fingerprint density at radius 1 is 1.40 bits per heavy atom. The molecule has 1 aliphatic carbocycles. The van der Waals surface area contributed by atoms with E-state index in [0.29, 0.717) is 23.3 Å². The van der Waals surface area contributed by atoms with E-state index in [2.05, 4.69) is 10.3 Å². The number of carbonyl (C=O) groups excluding carboxylic acids is 1. The van der Waals surface area contributed by atoms with Crippen molar-refractivity contribution in [2.75, 3.05) is 6.54 Å². The number of aliphatic hydroxyl groups excluding tert-OH is 1. The fraction of sp³-hybridized carbons (Fsp3) is 0.333. The summed E-state index contributed by atoms with van der Waals surface area (Å²) in [7, 11) is 0. The van der Waals surface area contributed by atoms with Gasteiger partial charge in [-0.3, -0.25) is 4.79 Å². The van der Waals surface area contributed by atoms with Crippen molar-refractivity contribution in [1.82, 2.24) is 10.3 Å². The molecule has 1 heterocycles. The van der Waals surface area contributed by atoms with Gasteiger partial charge in [-0.1, -0.05) is 35.9 Å². The molecule has 104 valence electrons. The fourth-order valence-corrected chi connectivity index (χ4v) is 2.73. The zero-order chi connectivity index (χ0) is 14.1. The Balaban J connectivity index is 1.74. The van der Waals surface area contributed by atoms with Crippen LogP contribution < -0.4 is 5.32 Å². The van der Waals surface area contributed by atoms with Crippen molar-refractivity contribution in [2.45, 2.75) is 18.9 Å². The highest BCUT2D eigenvalue weighted by atomic mass is 35.5. The number of aromatic nitrogens is 1. The topological polar surface area (TPSA) is 62.2 Å². The van der Waals surface area contributed by atoms with E-state index in [0.717, 1.165) is 23.6 Å². The molecule has 2 N–H and O–H groups in total. The Morgan fingerprint density at radius 2 is 2.15 bits per heavy atom. The summed E-state index contributed by atoms with van der Waals surface area (Å²) < 4.78 is 0. The zero-order valence-electron chi connectivity index (χ0n) is 10.8.